The lowest BCUT2D eigenvalue weighted by Crippen LogP contribution is -2.57. The van der Waals surface area contributed by atoms with Gasteiger partial charge in [0.15, 0.2) is 0 Å². The quantitative estimate of drug-likeness (QED) is 0.292. The number of nitrogens with zero attached hydrogens (tertiary/aromatic N) is 4. The fourth-order valence-electron chi connectivity index (χ4n) is 5.59. The molecule has 212 valence electrons. The van der Waals surface area contributed by atoms with Gasteiger partial charge in [-0.15, -0.1) is 0 Å². The third kappa shape index (κ3) is 6.65. The molecule has 0 spiro atoms. The highest BCUT2D eigenvalue weighted by atomic mass is 19.4. The summed E-state index contributed by atoms with van der Waals surface area (Å²) in [4.78, 5) is 20.7. The van der Waals surface area contributed by atoms with Crippen molar-refractivity contribution in [1.82, 2.24) is 19.8 Å². The van der Waals surface area contributed by atoms with Gasteiger partial charge < -0.3 is 20.4 Å². The maximum Gasteiger partial charge on any atom is 0.433 e. The fourth-order valence-corrected chi connectivity index (χ4v) is 5.59. The minimum Gasteiger partial charge on any atom is -0.493 e. The Balaban J connectivity index is 1.39. The number of carbonyl (C=O) groups is 1. The van der Waals surface area contributed by atoms with Gasteiger partial charge in [0, 0.05) is 63.3 Å². The predicted molar refractivity (Wildman–Crippen MR) is 142 cm³/mol. The van der Waals surface area contributed by atoms with Gasteiger partial charge in [0.05, 0.1) is 12.2 Å². The van der Waals surface area contributed by atoms with Gasteiger partial charge in [0.1, 0.15) is 11.4 Å². The normalized spacial score (nSPS) is 20.2. The Labute approximate surface area is 227 Å². The first-order chi connectivity index (χ1) is 18.6. The van der Waals surface area contributed by atoms with Gasteiger partial charge in [-0.1, -0.05) is 6.07 Å². The lowest BCUT2D eigenvalue weighted by Gasteiger charge is -2.48. The van der Waals surface area contributed by atoms with E-state index in [9.17, 15) is 18.0 Å². The number of aromatic nitrogens is 1. The highest BCUT2D eigenvalue weighted by molar-refractivity contribution is 5.94. The molecule has 1 amide bonds. The number of pyridine rings is 1. The number of hydrazine groups is 1. The number of amides is 1. The number of carbonyl (C=O) groups excluding carboxylic acids is 1. The van der Waals surface area contributed by atoms with E-state index in [1.807, 2.05) is 6.07 Å². The topological polar surface area (TPSA) is 101 Å². The number of benzene rings is 1. The Bertz CT molecular complexity index is 1170. The Hall–Kier alpha value is -3.31. The van der Waals surface area contributed by atoms with E-state index in [-0.39, 0.29) is 23.6 Å². The van der Waals surface area contributed by atoms with Gasteiger partial charge in [0.2, 0.25) is 0 Å². The summed E-state index contributed by atoms with van der Waals surface area (Å²) in [7, 11) is 0. The van der Waals surface area contributed by atoms with Gasteiger partial charge in [0.25, 0.3) is 5.91 Å². The molecule has 0 bridgehead atoms. The van der Waals surface area contributed by atoms with E-state index in [0.29, 0.717) is 32.8 Å². The van der Waals surface area contributed by atoms with Crippen LogP contribution in [0, 0.1) is 13.8 Å². The number of hydrogen-bond donors (Lipinski definition) is 2. The number of ether oxygens (including phenoxy) is 1. The molecule has 3 heterocycles. The number of alkyl halides is 3. The number of hydrogen-bond acceptors (Lipinski definition) is 7. The first-order valence-electron chi connectivity index (χ1n) is 13.3. The molecule has 39 heavy (non-hydrogen) atoms. The summed E-state index contributed by atoms with van der Waals surface area (Å²) >= 11 is 0. The molecule has 4 N–H and O–H groups in total. The third-order valence-electron chi connectivity index (χ3n) is 7.77. The Kier molecular flexibility index (Phi) is 9.01. The molecule has 2 fully saturated rings. The minimum absolute atomic E-state index is 0.181. The fraction of sp³-hybridized carbons (Fsp3) is 0.500. The van der Waals surface area contributed by atoms with E-state index in [0.717, 1.165) is 49.3 Å². The van der Waals surface area contributed by atoms with E-state index in [1.54, 1.807) is 11.1 Å². The van der Waals surface area contributed by atoms with Crippen molar-refractivity contribution in [2.75, 3.05) is 32.8 Å². The Morgan fingerprint density at radius 2 is 1.97 bits per heavy atom. The van der Waals surface area contributed by atoms with Crippen molar-refractivity contribution < 1.29 is 22.7 Å². The van der Waals surface area contributed by atoms with Crippen molar-refractivity contribution in [3.05, 3.63) is 70.8 Å². The van der Waals surface area contributed by atoms with Crippen molar-refractivity contribution in [2.24, 2.45) is 11.6 Å². The Morgan fingerprint density at radius 1 is 1.18 bits per heavy atom. The average Bonchev–Trinajstić information content (AvgIpc) is 2.92. The second kappa shape index (κ2) is 12.3. The van der Waals surface area contributed by atoms with Crippen LogP contribution in [0.5, 0.6) is 5.75 Å². The molecule has 2 saturated heterocycles. The van der Waals surface area contributed by atoms with Crippen LogP contribution in [0.15, 0.2) is 42.9 Å². The molecule has 2 unspecified atom stereocenters. The molecule has 0 radical (unpaired) electrons. The molecule has 4 rings (SSSR count). The predicted octanol–water partition coefficient (Wildman–Crippen LogP) is 4.14. The van der Waals surface area contributed by atoms with Crippen LogP contribution < -0.4 is 16.3 Å². The molecule has 2 aliphatic heterocycles. The standard InChI is InChI=1S/C28H37F3N6O2/c1-19-20(2)25(39-16-4-12-36(33)13-11-32)9-8-23(19)24-6-3-5-22-18-35(14-15-37(22)24)27(38)21-7-10-26(34-17-21)28(29,30)31/h7-11,13,17,22,24H,3-6,12,14-16,18,32-33H2,1-2H3/b13-11-. The number of nitrogens with two attached hydrogens (primary N) is 2. The monoisotopic (exact) mass is 546 g/mol. The van der Waals surface area contributed by atoms with Crippen LogP contribution >= 0.6 is 0 Å². The van der Waals surface area contributed by atoms with Gasteiger partial charge in [-0.3, -0.25) is 14.7 Å². The van der Waals surface area contributed by atoms with Gasteiger partial charge in [-0.05, 0) is 68.0 Å². The molecule has 8 nitrogen and oxygen atoms in total. The molecule has 0 aliphatic carbocycles. The number of piperidine rings is 1. The first kappa shape index (κ1) is 28.7. The zero-order chi connectivity index (χ0) is 28.2. The smallest absolute Gasteiger partial charge is 0.433 e. The van der Waals surface area contributed by atoms with Crippen LogP contribution in [-0.2, 0) is 6.18 Å². The molecule has 1 aromatic carbocycles. The van der Waals surface area contributed by atoms with Gasteiger partial charge in [-0.25, -0.2) is 5.84 Å². The van der Waals surface area contributed by atoms with Crippen LogP contribution in [0.4, 0.5) is 13.2 Å². The van der Waals surface area contributed by atoms with Crippen LogP contribution in [0.25, 0.3) is 0 Å². The number of fused-ring (bicyclic) bond motifs is 1. The number of rotatable bonds is 8. The molecule has 2 aromatic rings. The third-order valence-corrected chi connectivity index (χ3v) is 7.77. The summed E-state index contributed by atoms with van der Waals surface area (Å²) in [5.41, 5.74) is 8.13. The summed E-state index contributed by atoms with van der Waals surface area (Å²) in [5, 5.41) is 1.53. The molecule has 2 atom stereocenters. The summed E-state index contributed by atoms with van der Waals surface area (Å²) in [6.07, 6.45) is 3.33. The van der Waals surface area contributed by atoms with Crippen molar-refractivity contribution in [1.29, 1.82) is 0 Å². The number of piperazine rings is 1. The lowest BCUT2D eigenvalue weighted by atomic mass is 9.86. The summed E-state index contributed by atoms with van der Waals surface area (Å²) in [6, 6.07) is 6.72. The maximum absolute atomic E-state index is 13.1. The lowest BCUT2D eigenvalue weighted by molar-refractivity contribution is -0.141. The first-order valence-corrected chi connectivity index (χ1v) is 13.3. The van der Waals surface area contributed by atoms with E-state index >= 15 is 0 Å². The van der Waals surface area contributed by atoms with E-state index in [2.05, 4.69) is 29.8 Å². The highest BCUT2D eigenvalue weighted by Gasteiger charge is 2.38. The van der Waals surface area contributed by atoms with Gasteiger partial charge >= 0.3 is 6.18 Å². The number of halogens is 3. The van der Waals surface area contributed by atoms with Gasteiger partial charge in [-0.2, -0.15) is 13.2 Å². The van der Waals surface area contributed by atoms with Crippen molar-refractivity contribution in [3.8, 4) is 5.75 Å². The Morgan fingerprint density at radius 3 is 2.67 bits per heavy atom. The molecule has 0 saturated carbocycles. The average molecular weight is 547 g/mol. The molecule has 2 aliphatic rings. The zero-order valence-corrected chi connectivity index (χ0v) is 22.5. The summed E-state index contributed by atoms with van der Waals surface area (Å²) in [5.74, 6) is 6.38. The van der Waals surface area contributed by atoms with Crippen molar-refractivity contribution in [3.63, 3.8) is 0 Å². The molecule has 1 aromatic heterocycles. The molecular weight excluding hydrogens is 509 g/mol. The van der Waals surface area contributed by atoms with Crippen LogP contribution in [-0.4, -0.2) is 64.5 Å². The summed E-state index contributed by atoms with van der Waals surface area (Å²) in [6.45, 7) is 7.16. The highest BCUT2D eigenvalue weighted by Crippen LogP contribution is 2.39. The minimum atomic E-state index is -4.53. The van der Waals surface area contributed by atoms with Crippen molar-refractivity contribution >= 4 is 5.91 Å². The summed E-state index contributed by atoms with van der Waals surface area (Å²) < 4.78 is 44.6. The van der Waals surface area contributed by atoms with E-state index < -0.39 is 11.9 Å². The van der Waals surface area contributed by atoms with Crippen LogP contribution in [0.2, 0.25) is 0 Å². The zero-order valence-electron chi connectivity index (χ0n) is 22.5. The maximum atomic E-state index is 13.1. The van der Waals surface area contributed by atoms with Crippen LogP contribution in [0.3, 0.4) is 0 Å². The van der Waals surface area contributed by atoms with E-state index in [1.165, 1.54) is 28.4 Å². The second-order valence-electron chi connectivity index (χ2n) is 10.2. The largest absolute Gasteiger partial charge is 0.493 e. The van der Waals surface area contributed by atoms with E-state index in [4.69, 9.17) is 16.3 Å². The second-order valence-corrected chi connectivity index (χ2v) is 10.2. The molecule has 11 heteroatoms. The van der Waals surface area contributed by atoms with Crippen LogP contribution in [0.1, 0.15) is 64.5 Å². The SMILES string of the molecule is Cc1c(OCCCN(N)/C=C\N)ccc(C2CCCC3CN(C(=O)c4ccc(C(F)(F)F)nc4)CCN32)c1C. The van der Waals surface area contributed by atoms with Crippen molar-refractivity contribution in [2.45, 2.75) is 57.8 Å². The molecular formula is C28H37F3N6O2.